The molecule has 0 radical (unpaired) electrons. The Hall–Kier alpha value is -2.41. The lowest BCUT2D eigenvalue weighted by Gasteiger charge is -2.02. The maximum Gasteiger partial charge on any atom is 0.226 e. The Morgan fingerprint density at radius 2 is 2.43 bits per heavy atom. The molecule has 6 nitrogen and oxygen atoms in total. The molecule has 3 rings (SSSR count). The number of imidazole rings is 1. The molecule has 0 aliphatic carbocycles. The number of aromatic amines is 1. The van der Waals surface area contributed by atoms with Gasteiger partial charge < -0.3 is 14.7 Å². The van der Waals surface area contributed by atoms with Crippen LogP contribution >= 0.6 is 11.3 Å². The van der Waals surface area contributed by atoms with Crippen molar-refractivity contribution in [3.05, 3.63) is 47.7 Å². The van der Waals surface area contributed by atoms with Gasteiger partial charge >= 0.3 is 0 Å². The van der Waals surface area contributed by atoms with Gasteiger partial charge in [0.05, 0.1) is 18.4 Å². The summed E-state index contributed by atoms with van der Waals surface area (Å²) < 4.78 is 5.28. The molecule has 0 saturated heterocycles. The highest BCUT2D eigenvalue weighted by molar-refractivity contribution is 7.13. The zero-order valence-corrected chi connectivity index (χ0v) is 12.0. The van der Waals surface area contributed by atoms with Crippen LogP contribution in [0.2, 0.25) is 0 Å². The number of thiazole rings is 1. The maximum absolute atomic E-state index is 11.8. The molecule has 3 aromatic rings. The third-order valence-electron chi connectivity index (χ3n) is 2.86. The van der Waals surface area contributed by atoms with Crippen molar-refractivity contribution in [2.45, 2.75) is 12.8 Å². The van der Waals surface area contributed by atoms with Gasteiger partial charge in [0.25, 0.3) is 0 Å². The summed E-state index contributed by atoms with van der Waals surface area (Å²) >= 11 is 1.47. The highest BCUT2D eigenvalue weighted by atomic mass is 32.1. The average molecular weight is 302 g/mol. The van der Waals surface area contributed by atoms with Crippen molar-refractivity contribution in [1.29, 1.82) is 0 Å². The minimum atomic E-state index is -0.0437. The minimum Gasteiger partial charge on any atom is -0.462 e. The van der Waals surface area contributed by atoms with Crippen LogP contribution in [0, 0.1) is 0 Å². The molecule has 0 bridgehead atoms. The fraction of sp³-hybridized carbons (Fsp3) is 0.214. The van der Waals surface area contributed by atoms with E-state index in [1.54, 1.807) is 18.7 Å². The molecule has 21 heavy (non-hydrogen) atoms. The van der Waals surface area contributed by atoms with E-state index in [1.165, 1.54) is 11.3 Å². The van der Waals surface area contributed by atoms with Crippen LogP contribution in [0.1, 0.15) is 11.5 Å². The smallest absolute Gasteiger partial charge is 0.226 e. The molecule has 0 aliphatic rings. The standard InChI is InChI=1S/C14H14N4O2S/c19-13(17-4-3-12-15-5-6-16-12)8-10-9-21-14(18-10)11-2-1-7-20-11/h1-2,5-7,9H,3-4,8H2,(H,15,16)(H,17,19). The lowest BCUT2D eigenvalue weighted by atomic mass is 10.3. The van der Waals surface area contributed by atoms with E-state index in [0.29, 0.717) is 13.0 Å². The number of H-pyrrole nitrogens is 1. The SMILES string of the molecule is O=C(Cc1csc(-c2ccco2)n1)NCCc1ncc[nH]1. The highest BCUT2D eigenvalue weighted by Crippen LogP contribution is 2.23. The first-order chi connectivity index (χ1) is 10.3. The molecule has 0 atom stereocenters. The van der Waals surface area contributed by atoms with Crippen molar-refractivity contribution in [1.82, 2.24) is 20.3 Å². The summed E-state index contributed by atoms with van der Waals surface area (Å²) in [6, 6.07) is 3.67. The van der Waals surface area contributed by atoms with Gasteiger partial charge in [-0.3, -0.25) is 4.79 Å². The van der Waals surface area contributed by atoms with Crippen LogP contribution in [0.4, 0.5) is 0 Å². The van der Waals surface area contributed by atoms with E-state index in [0.717, 1.165) is 22.3 Å². The molecule has 108 valence electrons. The highest BCUT2D eigenvalue weighted by Gasteiger charge is 2.10. The Kier molecular flexibility index (Phi) is 4.11. The van der Waals surface area contributed by atoms with Crippen molar-refractivity contribution in [2.75, 3.05) is 6.54 Å². The summed E-state index contributed by atoms with van der Waals surface area (Å²) in [6.45, 7) is 0.557. The molecule has 0 spiro atoms. The normalized spacial score (nSPS) is 10.7. The molecule has 0 unspecified atom stereocenters. The summed E-state index contributed by atoms with van der Waals surface area (Å²) in [6.07, 6.45) is 6.03. The van der Waals surface area contributed by atoms with E-state index in [9.17, 15) is 4.79 Å². The second-order valence-electron chi connectivity index (χ2n) is 4.43. The van der Waals surface area contributed by atoms with Crippen LogP contribution < -0.4 is 5.32 Å². The zero-order chi connectivity index (χ0) is 14.5. The van der Waals surface area contributed by atoms with Crippen molar-refractivity contribution >= 4 is 17.2 Å². The molecular formula is C14H14N4O2S. The van der Waals surface area contributed by atoms with Crippen molar-refractivity contribution < 1.29 is 9.21 Å². The Bertz CT molecular complexity index is 688. The first-order valence-electron chi connectivity index (χ1n) is 6.54. The maximum atomic E-state index is 11.8. The fourth-order valence-electron chi connectivity index (χ4n) is 1.88. The molecule has 0 fully saturated rings. The molecule has 1 amide bonds. The average Bonchev–Trinajstić information content (AvgIpc) is 3.21. The van der Waals surface area contributed by atoms with Crippen LogP contribution in [-0.2, 0) is 17.6 Å². The lowest BCUT2D eigenvalue weighted by Crippen LogP contribution is -2.27. The van der Waals surface area contributed by atoms with Crippen molar-refractivity contribution in [3.8, 4) is 10.8 Å². The van der Waals surface area contributed by atoms with Crippen LogP contribution in [0.5, 0.6) is 0 Å². The third kappa shape index (κ3) is 3.57. The first-order valence-corrected chi connectivity index (χ1v) is 7.42. The van der Waals surface area contributed by atoms with Gasteiger partial charge in [0.1, 0.15) is 5.82 Å². The van der Waals surface area contributed by atoms with E-state index >= 15 is 0 Å². The topological polar surface area (TPSA) is 83.8 Å². The first kappa shape index (κ1) is 13.6. The molecule has 0 aliphatic heterocycles. The van der Waals surface area contributed by atoms with Crippen molar-refractivity contribution in [3.63, 3.8) is 0 Å². The number of carbonyl (C=O) groups excluding carboxylic acids is 1. The third-order valence-corrected chi connectivity index (χ3v) is 3.77. The molecular weight excluding hydrogens is 288 g/mol. The van der Waals surface area contributed by atoms with Gasteiger partial charge in [0, 0.05) is 30.7 Å². The van der Waals surface area contributed by atoms with E-state index in [4.69, 9.17) is 4.42 Å². The predicted octanol–water partition coefficient (Wildman–Crippen LogP) is 2.03. The Balaban J connectivity index is 1.48. The monoisotopic (exact) mass is 302 g/mol. The number of nitrogens with one attached hydrogen (secondary N) is 2. The van der Waals surface area contributed by atoms with Crippen LogP contribution in [0.25, 0.3) is 10.8 Å². The van der Waals surface area contributed by atoms with Gasteiger partial charge in [-0.2, -0.15) is 0 Å². The number of aromatic nitrogens is 3. The molecule has 7 heteroatoms. The van der Waals surface area contributed by atoms with E-state index in [2.05, 4.69) is 20.3 Å². The van der Waals surface area contributed by atoms with E-state index in [-0.39, 0.29) is 12.3 Å². The van der Waals surface area contributed by atoms with E-state index < -0.39 is 0 Å². The number of hydrogen-bond donors (Lipinski definition) is 2. The molecule has 0 saturated carbocycles. The second kappa shape index (κ2) is 6.36. The van der Waals surface area contributed by atoms with Crippen LogP contribution in [0.15, 0.2) is 40.6 Å². The Morgan fingerprint density at radius 3 is 3.19 bits per heavy atom. The summed E-state index contributed by atoms with van der Waals surface area (Å²) in [5, 5.41) is 5.52. The van der Waals surface area contributed by atoms with Gasteiger partial charge in [-0.05, 0) is 12.1 Å². The summed E-state index contributed by atoms with van der Waals surface area (Å²) in [5.74, 6) is 1.55. The lowest BCUT2D eigenvalue weighted by molar-refractivity contribution is -0.120. The number of hydrogen-bond acceptors (Lipinski definition) is 5. The second-order valence-corrected chi connectivity index (χ2v) is 5.29. The zero-order valence-electron chi connectivity index (χ0n) is 11.2. The fourth-order valence-corrected chi connectivity index (χ4v) is 2.67. The van der Waals surface area contributed by atoms with Crippen molar-refractivity contribution in [2.24, 2.45) is 0 Å². The van der Waals surface area contributed by atoms with Gasteiger partial charge in [-0.1, -0.05) is 0 Å². The Labute approximate surface area is 125 Å². The van der Waals surface area contributed by atoms with Gasteiger partial charge in [-0.25, -0.2) is 9.97 Å². The van der Waals surface area contributed by atoms with Gasteiger partial charge in [-0.15, -0.1) is 11.3 Å². The molecule has 2 N–H and O–H groups in total. The van der Waals surface area contributed by atoms with Crippen LogP contribution in [-0.4, -0.2) is 27.4 Å². The Morgan fingerprint density at radius 1 is 1.48 bits per heavy atom. The molecule has 0 aromatic carbocycles. The quantitative estimate of drug-likeness (QED) is 0.729. The summed E-state index contributed by atoms with van der Waals surface area (Å²) in [7, 11) is 0. The number of amides is 1. The minimum absolute atomic E-state index is 0.0437. The summed E-state index contributed by atoms with van der Waals surface area (Å²) in [5.41, 5.74) is 0.752. The van der Waals surface area contributed by atoms with Gasteiger partial charge in [0.15, 0.2) is 10.8 Å². The van der Waals surface area contributed by atoms with E-state index in [1.807, 2.05) is 17.5 Å². The largest absolute Gasteiger partial charge is 0.462 e. The number of furan rings is 1. The summed E-state index contributed by atoms with van der Waals surface area (Å²) in [4.78, 5) is 23.3. The molecule has 3 heterocycles. The van der Waals surface area contributed by atoms with Gasteiger partial charge in [0.2, 0.25) is 5.91 Å². The number of carbonyl (C=O) groups is 1. The number of nitrogens with zero attached hydrogens (tertiary/aromatic N) is 2. The molecule has 3 aromatic heterocycles. The predicted molar refractivity (Wildman–Crippen MR) is 78.8 cm³/mol. The number of rotatable bonds is 6. The van der Waals surface area contributed by atoms with Crippen LogP contribution in [0.3, 0.4) is 0 Å².